The molecule has 1 aliphatic rings. The third kappa shape index (κ3) is 3.48. The van der Waals surface area contributed by atoms with Crippen molar-refractivity contribution in [3.63, 3.8) is 0 Å². The fourth-order valence-corrected chi connectivity index (χ4v) is 2.89. The van der Waals surface area contributed by atoms with Crippen molar-refractivity contribution in [3.05, 3.63) is 24.0 Å². The van der Waals surface area contributed by atoms with Crippen LogP contribution in [0.15, 0.2) is 18.2 Å². The average molecular weight is 280 g/mol. The zero-order valence-electron chi connectivity index (χ0n) is 11.5. The molecule has 5 heteroatoms. The van der Waals surface area contributed by atoms with Gasteiger partial charge in [0.2, 0.25) is 5.91 Å². The fourth-order valence-electron chi connectivity index (χ4n) is 2.89. The maximum absolute atomic E-state index is 13.2. The highest BCUT2D eigenvalue weighted by Gasteiger charge is 2.32. The van der Waals surface area contributed by atoms with E-state index in [0.29, 0.717) is 18.7 Å². The van der Waals surface area contributed by atoms with E-state index in [0.717, 1.165) is 31.7 Å². The Hall–Kier alpha value is -1.62. The van der Waals surface area contributed by atoms with Crippen LogP contribution in [0.1, 0.15) is 38.5 Å². The molecule has 0 aliphatic heterocycles. The Morgan fingerprint density at radius 2 is 2.05 bits per heavy atom. The van der Waals surface area contributed by atoms with Crippen LogP contribution in [0, 0.1) is 11.2 Å². The van der Waals surface area contributed by atoms with Crippen molar-refractivity contribution < 1.29 is 14.3 Å². The first kappa shape index (κ1) is 14.8. The van der Waals surface area contributed by atoms with Gasteiger partial charge in [0, 0.05) is 18.2 Å². The Balaban J connectivity index is 1.98. The summed E-state index contributed by atoms with van der Waals surface area (Å²) in [6.45, 7) is 0.504. The van der Waals surface area contributed by atoms with E-state index < -0.39 is 11.6 Å². The van der Waals surface area contributed by atoms with Gasteiger partial charge in [-0.15, -0.1) is 0 Å². The van der Waals surface area contributed by atoms with Crippen molar-refractivity contribution in [1.29, 1.82) is 0 Å². The number of carbonyl (C=O) groups excluding carboxylic acids is 1. The highest BCUT2D eigenvalue weighted by molar-refractivity contribution is 5.91. The molecular formula is C15H21FN2O2. The Morgan fingerprint density at radius 3 is 2.65 bits per heavy atom. The van der Waals surface area contributed by atoms with E-state index >= 15 is 0 Å². The molecule has 0 aromatic heterocycles. The number of aromatic hydroxyl groups is 1. The lowest BCUT2D eigenvalue weighted by Crippen LogP contribution is -2.36. The Labute approximate surface area is 118 Å². The number of rotatable bonds is 4. The predicted molar refractivity (Wildman–Crippen MR) is 75.9 cm³/mol. The average Bonchev–Trinajstić information content (AvgIpc) is 2.44. The third-order valence-corrected chi connectivity index (χ3v) is 4.11. The van der Waals surface area contributed by atoms with Crippen molar-refractivity contribution >= 4 is 11.6 Å². The number of phenols is 1. The summed E-state index contributed by atoms with van der Waals surface area (Å²) < 4.78 is 13.2. The molecule has 0 radical (unpaired) electrons. The summed E-state index contributed by atoms with van der Waals surface area (Å²) in [5.41, 5.74) is 6.09. The number of phenolic OH excluding ortho intramolecular Hbond substituents is 1. The number of hydrogen-bond acceptors (Lipinski definition) is 3. The molecular weight excluding hydrogens is 259 g/mol. The van der Waals surface area contributed by atoms with Crippen LogP contribution in [0.3, 0.4) is 0 Å². The van der Waals surface area contributed by atoms with Crippen LogP contribution in [0.5, 0.6) is 5.75 Å². The molecule has 4 N–H and O–H groups in total. The Morgan fingerprint density at radius 1 is 1.35 bits per heavy atom. The second-order valence-electron chi connectivity index (χ2n) is 5.66. The molecule has 1 aromatic rings. The first-order valence-corrected chi connectivity index (χ1v) is 7.03. The summed E-state index contributed by atoms with van der Waals surface area (Å²) in [6, 6.07) is 3.82. The van der Waals surface area contributed by atoms with Crippen molar-refractivity contribution in [2.45, 2.75) is 38.5 Å². The van der Waals surface area contributed by atoms with Gasteiger partial charge in [-0.25, -0.2) is 4.39 Å². The highest BCUT2D eigenvalue weighted by atomic mass is 19.1. The lowest BCUT2D eigenvalue weighted by Gasteiger charge is -2.35. The van der Waals surface area contributed by atoms with E-state index in [1.54, 1.807) is 0 Å². The van der Waals surface area contributed by atoms with Crippen molar-refractivity contribution in [1.82, 2.24) is 0 Å². The number of carbonyl (C=O) groups is 1. The molecule has 20 heavy (non-hydrogen) atoms. The van der Waals surface area contributed by atoms with Gasteiger partial charge in [0.05, 0.1) is 0 Å². The number of nitrogens with one attached hydrogen (secondary N) is 1. The normalized spacial score (nSPS) is 17.7. The van der Waals surface area contributed by atoms with Gasteiger partial charge in [-0.1, -0.05) is 19.3 Å². The van der Waals surface area contributed by atoms with Crippen molar-refractivity contribution in [3.8, 4) is 5.75 Å². The van der Waals surface area contributed by atoms with Crippen LogP contribution < -0.4 is 11.1 Å². The number of anilines is 1. The van der Waals surface area contributed by atoms with Crippen LogP contribution >= 0.6 is 0 Å². The lowest BCUT2D eigenvalue weighted by molar-refractivity contribution is -0.118. The second kappa shape index (κ2) is 6.22. The van der Waals surface area contributed by atoms with Gasteiger partial charge >= 0.3 is 0 Å². The maximum Gasteiger partial charge on any atom is 0.224 e. The number of amides is 1. The van der Waals surface area contributed by atoms with Crippen LogP contribution in [0.4, 0.5) is 10.1 Å². The SMILES string of the molecule is NCC1(CC(=O)Nc2ccc(O)c(F)c2)CCCCC1. The summed E-state index contributed by atoms with van der Waals surface area (Å²) in [5, 5.41) is 11.8. The number of nitrogens with two attached hydrogens (primary N) is 1. The van der Waals surface area contributed by atoms with E-state index in [1.165, 1.54) is 18.6 Å². The van der Waals surface area contributed by atoms with E-state index in [9.17, 15) is 9.18 Å². The molecule has 0 saturated heterocycles. The number of halogens is 1. The van der Waals surface area contributed by atoms with Crippen LogP contribution in [-0.4, -0.2) is 17.6 Å². The number of benzene rings is 1. The van der Waals surface area contributed by atoms with Gasteiger partial charge in [0.1, 0.15) is 0 Å². The highest BCUT2D eigenvalue weighted by Crippen LogP contribution is 2.38. The van der Waals surface area contributed by atoms with Crippen LogP contribution in [0.2, 0.25) is 0 Å². The van der Waals surface area contributed by atoms with Gasteiger partial charge in [0.25, 0.3) is 0 Å². The first-order chi connectivity index (χ1) is 9.54. The predicted octanol–water partition coefficient (Wildman–Crippen LogP) is 2.77. The second-order valence-corrected chi connectivity index (χ2v) is 5.66. The van der Waals surface area contributed by atoms with Crippen molar-refractivity contribution in [2.24, 2.45) is 11.1 Å². The third-order valence-electron chi connectivity index (χ3n) is 4.11. The minimum atomic E-state index is -0.742. The molecule has 0 unspecified atom stereocenters. The monoisotopic (exact) mass is 280 g/mol. The molecule has 110 valence electrons. The molecule has 1 saturated carbocycles. The molecule has 1 aromatic carbocycles. The molecule has 0 bridgehead atoms. The molecule has 0 heterocycles. The Kier molecular flexibility index (Phi) is 4.60. The van der Waals surface area contributed by atoms with Crippen LogP contribution in [-0.2, 0) is 4.79 Å². The minimum Gasteiger partial charge on any atom is -0.505 e. The lowest BCUT2D eigenvalue weighted by atomic mass is 9.71. The topological polar surface area (TPSA) is 75.4 Å². The summed E-state index contributed by atoms with van der Waals surface area (Å²) in [7, 11) is 0. The van der Waals surface area contributed by atoms with Gasteiger partial charge in [-0.3, -0.25) is 4.79 Å². The standard InChI is InChI=1S/C15H21FN2O2/c16-12-8-11(4-5-13(12)19)18-14(20)9-15(10-17)6-2-1-3-7-15/h4-5,8,19H,1-3,6-7,9-10,17H2,(H,18,20). The first-order valence-electron chi connectivity index (χ1n) is 7.03. The summed E-state index contributed by atoms with van der Waals surface area (Å²) >= 11 is 0. The van der Waals surface area contributed by atoms with E-state index in [2.05, 4.69) is 5.32 Å². The van der Waals surface area contributed by atoms with E-state index in [1.807, 2.05) is 0 Å². The maximum atomic E-state index is 13.2. The summed E-state index contributed by atoms with van der Waals surface area (Å²) in [6.07, 6.45) is 5.73. The molecule has 1 amide bonds. The zero-order valence-corrected chi connectivity index (χ0v) is 11.5. The Bertz CT molecular complexity index is 485. The summed E-state index contributed by atoms with van der Waals surface area (Å²) in [4.78, 5) is 12.1. The molecule has 2 rings (SSSR count). The molecule has 0 atom stereocenters. The zero-order chi connectivity index (χ0) is 14.6. The smallest absolute Gasteiger partial charge is 0.224 e. The largest absolute Gasteiger partial charge is 0.505 e. The van der Waals surface area contributed by atoms with Crippen LogP contribution in [0.25, 0.3) is 0 Å². The number of hydrogen-bond donors (Lipinski definition) is 3. The van der Waals surface area contributed by atoms with Gasteiger partial charge in [-0.2, -0.15) is 0 Å². The van der Waals surface area contributed by atoms with Gasteiger partial charge < -0.3 is 16.2 Å². The fraction of sp³-hybridized carbons (Fsp3) is 0.533. The molecule has 4 nitrogen and oxygen atoms in total. The van der Waals surface area contributed by atoms with E-state index in [4.69, 9.17) is 10.8 Å². The quantitative estimate of drug-likeness (QED) is 0.742. The molecule has 1 aliphatic carbocycles. The van der Waals surface area contributed by atoms with Crippen molar-refractivity contribution in [2.75, 3.05) is 11.9 Å². The molecule has 0 spiro atoms. The van der Waals surface area contributed by atoms with E-state index in [-0.39, 0.29) is 11.3 Å². The van der Waals surface area contributed by atoms with Gasteiger partial charge in [-0.05, 0) is 36.9 Å². The molecule has 1 fully saturated rings. The minimum absolute atomic E-state index is 0.113. The van der Waals surface area contributed by atoms with Gasteiger partial charge in [0.15, 0.2) is 11.6 Å². The summed E-state index contributed by atoms with van der Waals surface area (Å²) in [5.74, 6) is -1.31.